The summed E-state index contributed by atoms with van der Waals surface area (Å²) in [7, 11) is 0. The Kier molecular flexibility index (Phi) is 2.25. The lowest BCUT2D eigenvalue weighted by atomic mass is 9.66. The quantitative estimate of drug-likeness (QED) is 0.476. The lowest BCUT2D eigenvalue weighted by Gasteiger charge is -2.40. The van der Waals surface area contributed by atoms with E-state index in [2.05, 4.69) is 13.8 Å². The topological polar surface area (TPSA) is 0 Å². The first kappa shape index (κ1) is 8.34. The molecule has 0 unspecified atom stereocenters. The first-order chi connectivity index (χ1) is 5.79. The van der Waals surface area contributed by atoms with Gasteiger partial charge in [0.05, 0.1) is 0 Å². The van der Waals surface area contributed by atoms with Gasteiger partial charge >= 0.3 is 0 Å². The van der Waals surface area contributed by atoms with Gasteiger partial charge in [-0.2, -0.15) is 0 Å². The van der Waals surface area contributed by atoms with Crippen molar-refractivity contribution in [2.45, 2.75) is 52.4 Å². The van der Waals surface area contributed by atoms with Crippen molar-refractivity contribution in [1.29, 1.82) is 0 Å². The maximum Gasteiger partial charge on any atom is -0.0175 e. The molecule has 1 saturated carbocycles. The molecule has 1 fully saturated rings. The molecule has 0 aromatic heterocycles. The van der Waals surface area contributed by atoms with Crippen molar-refractivity contribution in [3.63, 3.8) is 0 Å². The molecule has 0 aromatic rings. The van der Waals surface area contributed by atoms with E-state index >= 15 is 0 Å². The Hall–Kier alpha value is -0.260. The summed E-state index contributed by atoms with van der Waals surface area (Å²) in [6, 6.07) is 0. The molecule has 2 atom stereocenters. The van der Waals surface area contributed by atoms with Gasteiger partial charge in [0.25, 0.3) is 0 Å². The molecular weight excluding hydrogens is 144 g/mol. The molecule has 0 aliphatic heterocycles. The van der Waals surface area contributed by atoms with Crippen LogP contribution in [0, 0.1) is 11.8 Å². The first-order valence-corrected chi connectivity index (χ1v) is 5.45. The van der Waals surface area contributed by atoms with Crippen LogP contribution in [0.3, 0.4) is 0 Å². The van der Waals surface area contributed by atoms with Crippen LogP contribution in [-0.4, -0.2) is 0 Å². The van der Waals surface area contributed by atoms with Crippen LogP contribution in [0.2, 0.25) is 0 Å². The van der Waals surface area contributed by atoms with Gasteiger partial charge < -0.3 is 0 Å². The lowest BCUT2D eigenvalue weighted by molar-refractivity contribution is 0.189. The van der Waals surface area contributed by atoms with Crippen molar-refractivity contribution >= 4 is 0 Å². The highest BCUT2D eigenvalue weighted by atomic mass is 14.4. The molecule has 12 heavy (non-hydrogen) atoms. The van der Waals surface area contributed by atoms with Gasteiger partial charge in [0.1, 0.15) is 0 Å². The van der Waals surface area contributed by atoms with Gasteiger partial charge in [0.15, 0.2) is 0 Å². The highest BCUT2D eigenvalue weighted by Gasteiger charge is 2.32. The van der Waals surface area contributed by atoms with Crippen LogP contribution in [-0.2, 0) is 0 Å². The number of allylic oxidation sites excluding steroid dienone is 2. The number of fused-ring (bicyclic) bond motifs is 1. The highest BCUT2D eigenvalue weighted by Crippen LogP contribution is 2.45. The smallest absolute Gasteiger partial charge is 0.0175 e. The van der Waals surface area contributed by atoms with Crippen LogP contribution in [0.15, 0.2) is 11.1 Å². The van der Waals surface area contributed by atoms with E-state index in [4.69, 9.17) is 0 Å². The fourth-order valence-corrected chi connectivity index (χ4v) is 2.79. The average Bonchev–Trinajstić information content (AvgIpc) is 2.00. The molecule has 0 amide bonds. The number of hydrogen-bond donors (Lipinski definition) is 0. The molecule has 0 nitrogen and oxygen atoms in total. The van der Waals surface area contributed by atoms with Gasteiger partial charge in [0, 0.05) is 0 Å². The molecule has 0 heteroatoms. The number of hydrogen-bond acceptors (Lipinski definition) is 0. The van der Waals surface area contributed by atoms with Crippen molar-refractivity contribution in [3.05, 3.63) is 11.1 Å². The van der Waals surface area contributed by atoms with E-state index in [9.17, 15) is 0 Å². The third-order valence-corrected chi connectivity index (χ3v) is 4.02. The van der Waals surface area contributed by atoms with Gasteiger partial charge in [-0.1, -0.05) is 17.6 Å². The van der Waals surface area contributed by atoms with E-state index in [1.165, 1.54) is 38.5 Å². The summed E-state index contributed by atoms with van der Waals surface area (Å²) in [4.78, 5) is 0. The second-order valence-corrected chi connectivity index (χ2v) is 4.65. The van der Waals surface area contributed by atoms with Crippen LogP contribution < -0.4 is 0 Å². The van der Waals surface area contributed by atoms with Gasteiger partial charge in [-0.05, 0) is 57.8 Å². The Morgan fingerprint density at radius 1 is 1.00 bits per heavy atom. The molecule has 0 radical (unpaired) electrons. The zero-order chi connectivity index (χ0) is 8.55. The van der Waals surface area contributed by atoms with Crippen LogP contribution in [0.25, 0.3) is 0 Å². The molecule has 0 N–H and O–H groups in total. The molecule has 0 saturated heterocycles. The maximum absolute atomic E-state index is 2.37. The van der Waals surface area contributed by atoms with Gasteiger partial charge in [0.2, 0.25) is 0 Å². The summed E-state index contributed by atoms with van der Waals surface area (Å²) in [5, 5.41) is 0. The Labute approximate surface area is 76.1 Å². The monoisotopic (exact) mass is 164 g/mol. The van der Waals surface area contributed by atoms with E-state index in [0.717, 1.165) is 11.8 Å². The maximum atomic E-state index is 2.37. The molecule has 0 bridgehead atoms. The third kappa shape index (κ3) is 1.32. The normalized spacial score (nSPS) is 36.5. The van der Waals surface area contributed by atoms with E-state index in [-0.39, 0.29) is 0 Å². The van der Waals surface area contributed by atoms with Crippen molar-refractivity contribution < 1.29 is 0 Å². The minimum Gasteiger partial charge on any atom is -0.0741 e. The van der Waals surface area contributed by atoms with Gasteiger partial charge in [-0.15, -0.1) is 0 Å². The predicted octanol–water partition coefficient (Wildman–Crippen LogP) is 3.92. The van der Waals surface area contributed by atoms with Crippen LogP contribution in [0.4, 0.5) is 0 Å². The van der Waals surface area contributed by atoms with E-state index in [1.54, 1.807) is 11.1 Å². The third-order valence-electron chi connectivity index (χ3n) is 4.02. The summed E-state index contributed by atoms with van der Waals surface area (Å²) < 4.78 is 0. The van der Waals surface area contributed by atoms with Crippen LogP contribution >= 0.6 is 0 Å². The fraction of sp³-hybridized carbons (Fsp3) is 0.833. The zero-order valence-corrected chi connectivity index (χ0v) is 8.40. The van der Waals surface area contributed by atoms with E-state index < -0.39 is 0 Å². The minimum atomic E-state index is 0.991. The minimum absolute atomic E-state index is 0.991. The summed E-state index contributed by atoms with van der Waals surface area (Å²) in [5.74, 6) is 2.06. The standard InChI is InChI=1S/C12H20/c1-9-5-3-4-6-11-7-8-12(11)10(9)2/h11-12H,3-8H2,1-2H3/t11-,12-/m0/s1. The van der Waals surface area contributed by atoms with Gasteiger partial charge in [-0.25, -0.2) is 0 Å². The predicted molar refractivity (Wildman–Crippen MR) is 53.1 cm³/mol. The van der Waals surface area contributed by atoms with Crippen molar-refractivity contribution in [2.75, 3.05) is 0 Å². The first-order valence-electron chi connectivity index (χ1n) is 5.45. The zero-order valence-electron chi connectivity index (χ0n) is 8.40. The summed E-state index contributed by atoms with van der Waals surface area (Å²) in [6.07, 6.45) is 8.78. The van der Waals surface area contributed by atoms with Crippen LogP contribution in [0.1, 0.15) is 52.4 Å². The molecule has 0 spiro atoms. The molecule has 2 rings (SSSR count). The van der Waals surface area contributed by atoms with Crippen molar-refractivity contribution in [2.24, 2.45) is 11.8 Å². The molecule has 0 heterocycles. The van der Waals surface area contributed by atoms with Crippen molar-refractivity contribution in [1.82, 2.24) is 0 Å². The van der Waals surface area contributed by atoms with Gasteiger partial charge in [-0.3, -0.25) is 0 Å². The second-order valence-electron chi connectivity index (χ2n) is 4.65. The van der Waals surface area contributed by atoms with E-state index in [0.29, 0.717) is 0 Å². The number of rotatable bonds is 0. The largest absolute Gasteiger partial charge is 0.0741 e. The average molecular weight is 164 g/mol. The fourth-order valence-electron chi connectivity index (χ4n) is 2.79. The summed E-state index contributed by atoms with van der Waals surface area (Å²) >= 11 is 0. The SMILES string of the molecule is CC1=C(C)[C@@H]2CC[C@@H]2CCCC1. The lowest BCUT2D eigenvalue weighted by Crippen LogP contribution is -2.28. The Bertz CT molecular complexity index is 200. The Morgan fingerprint density at radius 2 is 1.83 bits per heavy atom. The highest BCUT2D eigenvalue weighted by molar-refractivity contribution is 5.17. The molecule has 68 valence electrons. The molecule has 2 aliphatic rings. The van der Waals surface area contributed by atoms with Crippen LogP contribution in [0.5, 0.6) is 0 Å². The molecular formula is C12H20. The molecule has 0 aromatic carbocycles. The van der Waals surface area contributed by atoms with Crippen molar-refractivity contribution in [3.8, 4) is 0 Å². The Balaban J connectivity index is 2.15. The Morgan fingerprint density at radius 3 is 2.50 bits per heavy atom. The van der Waals surface area contributed by atoms with E-state index in [1.807, 2.05) is 0 Å². The second kappa shape index (κ2) is 3.24. The summed E-state index contributed by atoms with van der Waals surface area (Å²) in [6.45, 7) is 4.72. The molecule has 2 aliphatic carbocycles. The summed E-state index contributed by atoms with van der Waals surface area (Å²) in [5.41, 5.74) is 3.44.